The summed E-state index contributed by atoms with van der Waals surface area (Å²) in [5.41, 5.74) is -1.77. The van der Waals surface area contributed by atoms with Crippen molar-refractivity contribution in [1.82, 2.24) is 24.2 Å². The van der Waals surface area contributed by atoms with Gasteiger partial charge in [-0.25, -0.2) is 9.48 Å². The van der Waals surface area contributed by atoms with Crippen molar-refractivity contribution in [2.24, 2.45) is 0 Å². The molecule has 29 heavy (non-hydrogen) atoms. The van der Waals surface area contributed by atoms with Crippen LogP contribution >= 0.6 is 11.6 Å². The van der Waals surface area contributed by atoms with Gasteiger partial charge >= 0.3 is 11.9 Å². The largest absolute Gasteiger partial charge is 0.417 e. The van der Waals surface area contributed by atoms with Crippen molar-refractivity contribution in [3.8, 4) is 0 Å². The van der Waals surface area contributed by atoms with Crippen molar-refractivity contribution >= 4 is 17.5 Å². The summed E-state index contributed by atoms with van der Waals surface area (Å²) in [5, 5.41) is 13.0. The lowest BCUT2D eigenvalue weighted by Gasteiger charge is -2.39. The van der Waals surface area contributed by atoms with E-state index in [1.165, 1.54) is 9.47 Å². The van der Waals surface area contributed by atoms with Crippen molar-refractivity contribution in [2.75, 3.05) is 13.1 Å². The smallest absolute Gasteiger partial charge is 0.389 e. The molecule has 0 spiro atoms. The molecule has 2 aromatic rings. The van der Waals surface area contributed by atoms with E-state index in [1.807, 2.05) is 0 Å². The van der Waals surface area contributed by atoms with Gasteiger partial charge in [-0.2, -0.15) is 18.3 Å². The molecule has 1 atom stereocenters. The first-order valence-corrected chi connectivity index (χ1v) is 9.40. The van der Waals surface area contributed by atoms with Gasteiger partial charge in [-0.05, 0) is 18.9 Å². The minimum Gasteiger partial charge on any atom is -0.389 e. The molecule has 1 amide bonds. The van der Waals surface area contributed by atoms with Crippen LogP contribution in [-0.2, 0) is 23.9 Å². The lowest BCUT2D eigenvalue weighted by atomic mass is 10.0. The number of amides is 1. The van der Waals surface area contributed by atoms with Crippen LogP contribution < -0.4 is 5.69 Å². The number of aromatic nitrogens is 4. The van der Waals surface area contributed by atoms with Crippen LogP contribution in [0.3, 0.4) is 0 Å². The minimum atomic E-state index is -4.65. The molecule has 0 unspecified atom stereocenters. The van der Waals surface area contributed by atoms with Crippen LogP contribution in [0.15, 0.2) is 17.1 Å². The third-order valence-corrected chi connectivity index (χ3v) is 5.58. The number of rotatable bonds is 3. The Morgan fingerprint density at radius 1 is 1.34 bits per heavy atom. The summed E-state index contributed by atoms with van der Waals surface area (Å²) in [5.74, 6) is 0.122. The third kappa shape index (κ3) is 3.52. The van der Waals surface area contributed by atoms with E-state index in [0.29, 0.717) is 25.1 Å². The molecule has 2 aliphatic rings. The second kappa shape index (κ2) is 7.13. The molecule has 2 aliphatic heterocycles. The first-order chi connectivity index (χ1) is 13.7. The number of likely N-dealkylation sites (tertiary alicyclic amines) is 1. The van der Waals surface area contributed by atoms with Gasteiger partial charge in [0.2, 0.25) is 5.91 Å². The fourth-order valence-electron chi connectivity index (χ4n) is 3.67. The maximum atomic E-state index is 13.1. The molecule has 4 heterocycles. The van der Waals surface area contributed by atoms with Crippen molar-refractivity contribution in [3.05, 3.63) is 44.9 Å². The van der Waals surface area contributed by atoms with Gasteiger partial charge in [0.05, 0.1) is 28.9 Å². The number of pyridine rings is 1. The lowest BCUT2D eigenvalue weighted by Crippen LogP contribution is -2.56. The number of hydrogen-bond acceptors (Lipinski definition) is 5. The zero-order chi connectivity index (χ0) is 20.9. The predicted octanol–water partition coefficient (Wildman–Crippen LogP) is 1.24. The molecule has 12 heteroatoms. The third-order valence-electron chi connectivity index (χ3n) is 5.16. The standard InChI is InChI=1S/C17H17ClF3N5O3/c18-14-10(17(19,20)21)4-5-22-11(14)8-25-16(29)26-12(2-1-3-13(26)23-25)15(28)24-6-9(27)7-24/h4-5,9,12,27H,1-3,6-8H2/t12-/m0/s1. The van der Waals surface area contributed by atoms with E-state index in [9.17, 15) is 27.9 Å². The van der Waals surface area contributed by atoms with Gasteiger partial charge in [0.1, 0.15) is 11.9 Å². The Bertz CT molecular complexity index is 1010. The highest BCUT2D eigenvalue weighted by Gasteiger charge is 2.38. The second-order valence-corrected chi connectivity index (χ2v) is 7.53. The highest BCUT2D eigenvalue weighted by molar-refractivity contribution is 6.32. The van der Waals surface area contributed by atoms with Crippen molar-refractivity contribution in [3.63, 3.8) is 0 Å². The molecule has 0 saturated carbocycles. The van der Waals surface area contributed by atoms with Gasteiger partial charge in [-0.1, -0.05) is 11.6 Å². The Balaban J connectivity index is 1.65. The van der Waals surface area contributed by atoms with E-state index in [4.69, 9.17) is 11.6 Å². The predicted molar refractivity (Wildman–Crippen MR) is 94.4 cm³/mol. The van der Waals surface area contributed by atoms with Crippen molar-refractivity contribution in [2.45, 2.75) is 44.1 Å². The Labute approximate surface area is 167 Å². The van der Waals surface area contributed by atoms with Crippen LogP contribution in [0.25, 0.3) is 0 Å². The number of aryl methyl sites for hydroxylation is 1. The normalized spacial score (nSPS) is 19.8. The maximum absolute atomic E-state index is 13.1. The average molecular weight is 432 g/mol. The molecule has 4 rings (SSSR count). The molecule has 1 N–H and O–H groups in total. The summed E-state index contributed by atoms with van der Waals surface area (Å²) in [6, 6.07) is 0.0284. The van der Waals surface area contributed by atoms with E-state index in [0.717, 1.165) is 16.9 Å². The van der Waals surface area contributed by atoms with E-state index >= 15 is 0 Å². The Kier molecular flexibility index (Phi) is 4.89. The van der Waals surface area contributed by atoms with Gasteiger partial charge in [-0.15, -0.1) is 0 Å². The molecule has 0 aromatic carbocycles. The monoisotopic (exact) mass is 431 g/mol. The average Bonchev–Trinajstić information content (AvgIpc) is 2.95. The number of fused-ring (bicyclic) bond motifs is 1. The number of aliphatic hydroxyl groups excluding tert-OH is 1. The van der Waals surface area contributed by atoms with Crippen LogP contribution in [0.1, 0.15) is 36.0 Å². The van der Waals surface area contributed by atoms with Crippen LogP contribution in [0.2, 0.25) is 5.02 Å². The summed E-state index contributed by atoms with van der Waals surface area (Å²) >= 11 is 5.87. The number of halogens is 4. The summed E-state index contributed by atoms with van der Waals surface area (Å²) in [7, 11) is 0. The zero-order valence-electron chi connectivity index (χ0n) is 15.1. The maximum Gasteiger partial charge on any atom is 0.417 e. The second-order valence-electron chi connectivity index (χ2n) is 7.15. The molecule has 8 nitrogen and oxygen atoms in total. The van der Waals surface area contributed by atoms with Gasteiger partial charge < -0.3 is 10.0 Å². The SMILES string of the molecule is O=C([C@@H]1CCCc2nn(Cc3nccc(C(F)(F)F)c3Cl)c(=O)n21)N1CC(O)C1. The highest BCUT2D eigenvalue weighted by atomic mass is 35.5. The molecule has 156 valence electrons. The molecule has 0 bridgehead atoms. The number of carbonyl (C=O) groups excluding carboxylic acids is 1. The van der Waals surface area contributed by atoms with Crippen LogP contribution in [0.4, 0.5) is 13.2 Å². The number of β-amino-alcohol motifs (C(OH)–C–C–N with tert-alkyl or cyclic N) is 1. The number of alkyl halides is 3. The number of nitrogens with zero attached hydrogens (tertiary/aromatic N) is 5. The number of hydrogen-bond donors (Lipinski definition) is 1. The van der Waals surface area contributed by atoms with Gasteiger partial charge in [0, 0.05) is 25.7 Å². The van der Waals surface area contributed by atoms with Crippen LogP contribution in [-0.4, -0.2) is 54.4 Å². The van der Waals surface area contributed by atoms with Crippen molar-refractivity contribution < 1.29 is 23.1 Å². The van der Waals surface area contributed by atoms with E-state index in [1.54, 1.807) is 0 Å². The molecular formula is C17H17ClF3N5O3. The first-order valence-electron chi connectivity index (χ1n) is 9.02. The Morgan fingerprint density at radius 3 is 2.72 bits per heavy atom. The summed E-state index contributed by atoms with van der Waals surface area (Å²) in [6.45, 7) is 0.0968. The fourth-order valence-corrected chi connectivity index (χ4v) is 3.95. The lowest BCUT2D eigenvalue weighted by molar-refractivity contribution is -0.145. The number of aliphatic hydroxyl groups is 1. The van der Waals surface area contributed by atoms with Gasteiger partial charge in [0.25, 0.3) is 0 Å². The molecular weight excluding hydrogens is 415 g/mol. The molecule has 0 aliphatic carbocycles. The molecule has 1 saturated heterocycles. The molecule has 2 aromatic heterocycles. The summed E-state index contributed by atoms with van der Waals surface area (Å²) in [6.07, 6.45) is -2.66. The summed E-state index contributed by atoms with van der Waals surface area (Å²) in [4.78, 5) is 30.9. The molecule has 0 radical (unpaired) electrons. The number of carbonyl (C=O) groups is 1. The summed E-state index contributed by atoms with van der Waals surface area (Å²) < 4.78 is 41.4. The van der Waals surface area contributed by atoms with Gasteiger partial charge in [0.15, 0.2) is 0 Å². The highest BCUT2D eigenvalue weighted by Crippen LogP contribution is 2.35. The Hall–Kier alpha value is -2.40. The van der Waals surface area contributed by atoms with E-state index in [-0.39, 0.29) is 31.2 Å². The Morgan fingerprint density at radius 2 is 2.07 bits per heavy atom. The zero-order valence-corrected chi connectivity index (χ0v) is 15.8. The quantitative estimate of drug-likeness (QED) is 0.789. The van der Waals surface area contributed by atoms with E-state index < -0.39 is 34.6 Å². The topological polar surface area (TPSA) is 93.2 Å². The van der Waals surface area contributed by atoms with Crippen LogP contribution in [0.5, 0.6) is 0 Å². The van der Waals surface area contributed by atoms with Gasteiger partial charge in [-0.3, -0.25) is 14.3 Å². The first kappa shape index (κ1) is 19.9. The van der Waals surface area contributed by atoms with Crippen molar-refractivity contribution in [1.29, 1.82) is 0 Å². The van der Waals surface area contributed by atoms with Crippen LogP contribution in [0, 0.1) is 0 Å². The molecule has 1 fully saturated rings. The van der Waals surface area contributed by atoms with E-state index in [2.05, 4.69) is 10.1 Å². The minimum absolute atomic E-state index is 0.132. The fraction of sp³-hybridized carbons (Fsp3) is 0.529.